The molecule has 1 fully saturated rings. The summed E-state index contributed by atoms with van der Waals surface area (Å²) in [4.78, 5) is 39.6. The van der Waals surface area contributed by atoms with E-state index in [0.717, 1.165) is 11.1 Å². The summed E-state index contributed by atoms with van der Waals surface area (Å²) < 4.78 is 9.97. The van der Waals surface area contributed by atoms with Crippen LogP contribution in [0.5, 0.6) is 5.75 Å². The van der Waals surface area contributed by atoms with E-state index in [1.807, 2.05) is 31.2 Å². The minimum atomic E-state index is -0.839. The number of ether oxygens (including phenoxy) is 2. The fraction of sp³-hybridized carbons (Fsp3) is 0.179. The average molecular weight is 472 g/mol. The van der Waals surface area contributed by atoms with Crippen molar-refractivity contribution in [1.29, 1.82) is 0 Å². The summed E-state index contributed by atoms with van der Waals surface area (Å²) in [7, 11) is 2.83. The number of aryl methyl sites for hydroxylation is 1. The maximum absolute atomic E-state index is 13.3. The SMILES string of the molecule is COC(=O)Cc1ccc(N2C(=O)C(=O)/C(=C(/O)c3cccc(OC)c3)C2c2ccccc2C)cc1. The van der Waals surface area contributed by atoms with E-state index in [1.165, 1.54) is 19.1 Å². The minimum Gasteiger partial charge on any atom is -0.507 e. The Bertz CT molecular complexity index is 1330. The molecule has 4 rings (SSSR count). The molecule has 0 radical (unpaired) electrons. The van der Waals surface area contributed by atoms with Gasteiger partial charge in [0.2, 0.25) is 0 Å². The van der Waals surface area contributed by atoms with E-state index in [0.29, 0.717) is 22.6 Å². The molecule has 1 atom stereocenters. The molecule has 0 bridgehead atoms. The number of benzene rings is 3. The van der Waals surface area contributed by atoms with Crippen LogP contribution < -0.4 is 9.64 Å². The molecule has 0 saturated carbocycles. The lowest BCUT2D eigenvalue weighted by Gasteiger charge is -2.26. The predicted molar refractivity (Wildman–Crippen MR) is 131 cm³/mol. The first-order valence-electron chi connectivity index (χ1n) is 11.0. The molecular weight excluding hydrogens is 446 g/mol. The molecule has 1 heterocycles. The van der Waals surface area contributed by atoms with Crippen LogP contribution >= 0.6 is 0 Å². The topological polar surface area (TPSA) is 93.1 Å². The van der Waals surface area contributed by atoms with Gasteiger partial charge in [-0.25, -0.2) is 0 Å². The summed E-state index contributed by atoms with van der Waals surface area (Å²) in [6, 6.07) is 20.1. The van der Waals surface area contributed by atoms with Gasteiger partial charge in [-0.15, -0.1) is 0 Å². The van der Waals surface area contributed by atoms with Crippen molar-refractivity contribution in [3.05, 3.63) is 101 Å². The smallest absolute Gasteiger partial charge is 0.309 e. The molecule has 3 aromatic rings. The first-order chi connectivity index (χ1) is 16.8. The standard InChI is InChI=1S/C28H25NO6/c1-17-7-4-5-10-22(17)25-24(26(31)19-8-6-9-21(16-19)34-2)27(32)28(33)29(25)20-13-11-18(12-14-20)15-23(30)35-3/h4-14,16,25,31H,15H2,1-3H3/b26-24+. The molecule has 0 aromatic heterocycles. The Kier molecular flexibility index (Phi) is 6.68. The Labute approximate surface area is 203 Å². The van der Waals surface area contributed by atoms with E-state index < -0.39 is 17.7 Å². The molecular formula is C28H25NO6. The number of aliphatic hydroxyl groups excluding tert-OH is 1. The Balaban J connectivity index is 1.87. The van der Waals surface area contributed by atoms with Crippen molar-refractivity contribution < 1.29 is 29.0 Å². The van der Waals surface area contributed by atoms with Crippen LogP contribution in [0.4, 0.5) is 5.69 Å². The third kappa shape index (κ3) is 4.53. The number of amides is 1. The van der Waals surface area contributed by atoms with Gasteiger partial charge in [-0.2, -0.15) is 0 Å². The van der Waals surface area contributed by atoms with E-state index in [1.54, 1.807) is 48.5 Å². The molecule has 178 valence electrons. The van der Waals surface area contributed by atoms with Crippen LogP contribution in [0.15, 0.2) is 78.4 Å². The van der Waals surface area contributed by atoms with Gasteiger partial charge in [-0.1, -0.05) is 48.5 Å². The van der Waals surface area contributed by atoms with E-state index in [9.17, 15) is 19.5 Å². The van der Waals surface area contributed by atoms with Gasteiger partial charge in [0.15, 0.2) is 0 Å². The third-order valence-electron chi connectivity index (χ3n) is 6.06. The van der Waals surface area contributed by atoms with E-state index >= 15 is 0 Å². The summed E-state index contributed by atoms with van der Waals surface area (Å²) in [6.07, 6.45) is 0.0899. The van der Waals surface area contributed by atoms with Crippen molar-refractivity contribution in [3.8, 4) is 5.75 Å². The summed E-state index contributed by atoms with van der Waals surface area (Å²) in [5.74, 6) is -1.67. The Morgan fingerprint density at radius 1 is 0.971 bits per heavy atom. The number of hydrogen-bond acceptors (Lipinski definition) is 6. The van der Waals surface area contributed by atoms with Gasteiger partial charge in [0, 0.05) is 11.3 Å². The molecule has 7 nitrogen and oxygen atoms in total. The largest absolute Gasteiger partial charge is 0.507 e. The number of aliphatic hydroxyl groups is 1. The number of hydrogen-bond donors (Lipinski definition) is 1. The highest BCUT2D eigenvalue weighted by molar-refractivity contribution is 6.51. The minimum absolute atomic E-state index is 0.00353. The second kappa shape index (κ2) is 9.85. The van der Waals surface area contributed by atoms with Crippen molar-refractivity contribution in [2.75, 3.05) is 19.1 Å². The molecule has 1 amide bonds. The summed E-state index contributed by atoms with van der Waals surface area (Å²) in [5, 5.41) is 11.3. The van der Waals surface area contributed by atoms with Crippen molar-refractivity contribution in [1.82, 2.24) is 0 Å². The lowest BCUT2D eigenvalue weighted by Crippen LogP contribution is -2.29. The van der Waals surface area contributed by atoms with Gasteiger partial charge in [-0.05, 0) is 47.9 Å². The van der Waals surface area contributed by atoms with Gasteiger partial charge in [-0.3, -0.25) is 19.3 Å². The molecule has 1 unspecified atom stereocenters. The lowest BCUT2D eigenvalue weighted by molar-refractivity contribution is -0.139. The number of rotatable bonds is 6. The quantitative estimate of drug-likeness (QED) is 0.249. The average Bonchev–Trinajstić information content (AvgIpc) is 3.14. The van der Waals surface area contributed by atoms with Crippen LogP contribution in [0.25, 0.3) is 5.76 Å². The molecule has 1 saturated heterocycles. The number of carbonyl (C=O) groups excluding carboxylic acids is 3. The van der Waals surface area contributed by atoms with Crippen molar-refractivity contribution in [2.45, 2.75) is 19.4 Å². The predicted octanol–water partition coefficient (Wildman–Crippen LogP) is 4.35. The maximum Gasteiger partial charge on any atom is 0.309 e. The van der Waals surface area contributed by atoms with E-state index in [-0.39, 0.29) is 23.7 Å². The summed E-state index contributed by atoms with van der Waals surface area (Å²) in [6.45, 7) is 1.89. The van der Waals surface area contributed by atoms with Gasteiger partial charge < -0.3 is 14.6 Å². The molecule has 1 aliphatic rings. The van der Waals surface area contributed by atoms with E-state index in [4.69, 9.17) is 9.47 Å². The van der Waals surface area contributed by atoms with Crippen molar-refractivity contribution >= 4 is 29.1 Å². The fourth-order valence-corrected chi connectivity index (χ4v) is 4.23. The van der Waals surface area contributed by atoms with E-state index in [2.05, 4.69) is 0 Å². The van der Waals surface area contributed by atoms with Crippen molar-refractivity contribution in [3.63, 3.8) is 0 Å². The molecule has 35 heavy (non-hydrogen) atoms. The number of anilines is 1. The highest BCUT2D eigenvalue weighted by atomic mass is 16.5. The Hall–Kier alpha value is -4.39. The number of methoxy groups -OCH3 is 2. The first kappa shape index (κ1) is 23.8. The van der Waals surface area contributed by atoms with Crippen LogP contribution in [-0.4, -0.2) is 37.0 Å². The second-order valence-corrected chi connectivity index (χ2v) is 8.18. The lowest BCUT2D eigenvalue weighted by atomic mass is 9.92. The van der Waals surface area contributed by atoms with Crippen LogP contribution in [-0.2, 0) is 25.5 Å². The molecule has 3 aromatic carbocycles. The van der Waals surface area contributed by atoms with Crippen molar-refractivity contribution in [2.24, 2.45) is 0 Å². The Morgan fingerprint density at radius 2 is 1.69 bits per heavy atom. The first-order valence-corrected chi connectivity index (χ1v) is 11.0. The highest BCUT2D eigenvalue weighted by Crippen LogP contribution is 2.43. The normalized spacial score (nSPS) is 16.9. The fourth-order valence-electron chi connectivity index (χ4n) is 4.23. The zero-order valence-corrected chi connectivity index (χ0v) is 19.6. The van der Waals surface area contributed by atoms with Gasteiger partial charge >= 0.3 is 5.97 Å². The number of carbonyl (C=O) groups is 3. The number of Topliss-reactive ketones (excluding diaryl/α,β-unsaturated/α-hetero) is 1. The van der Waals surface area contributed by atoms with Crippen LogP contribution in [0.3, 0.4) is 0 Å². The number of esters is 1. The second-order valence-electron chi connectivity index (χ2n) is 8.18. The number of ketones is 1. The maximum atomic E-state index is 13.3. The summed E-state index contributed by atoms with van der Waals surface area (Å²) >= 11 is 0. The van der Waals surface area contributed by atoms with Crippen LogP contribution in [0.1, 0.15) is 28.3 Å². The highest BCUT2D eigenvalue weighted by Gasteiger charge is 2.47. The third-order valence-corrected chi connectivity index (χ3v) is 6.06. The zero-order chi connectivity index (χ0) is 25.1. The number of nitrogens with zero attached hydrogens (tertiary/aromatic N) is 1. The van der Waals surface area contributed by atoms with Crippen LogP contribution in [0, 0.1) is 6.92 Å². The Morgan fingerprint density at radius 3 is 2.34 bits per heavy atom. The monoisotopic (exact) mass is 471 g/mol. The van der Waals surface area contributed by atoms with Gasteiger partial charge in [0.05, 0.1) is 32.3 Å². The van der Waals surface area contributed by atoms with Crippen LogP contribution in [0.2, 0.25) is 0 Å². The van der Waals surface area contributed by atoms with Gasteiger partial charge in [0.25, 0.3) is 11.7 Å². The zero-order valence-electron chi connectivity index (χ0n) is 19.6. The summed E-state index contributed by atoms with van der Waals surface area (Å²) in [5.41, 5.74) is 3.13. The molecule has 1 aliphatic heterocycles. The molecule has 1 N–H and O–H groups in total. The molecule has 0 aliphatic carbocycles. The molecule has 7 heteroatoms. The molecule has 0 spiro atoms. The van der Waals surface area contributed by atoms with Gasteiger partial charge in [0.1, 0.15) is 11.5 Å².